The summed E-state index contributed by atoms with van der Waals surface area (Å²) in [6.07, 6.45) is -18.2. The van der Waals surface area contributed by atoms with Crippen molar-refractivity contribution in [3.8, 4) is 0 Å². The van der Waals surface area contributed by atoms with Crippen molar-refractivity contribution >= 4 is 0 Å². The second-order valence-electron chi connectivity index (χ2n) is 23.9. The average molecular weight is 1020 g/mol. The lowest BCUT2D eigenvalue weighted by molar-refractivity contribution is -0.397. The number of piperidine rings is 1. The summed E-state index contributed by atoms with van der Waals surface area (Å²) in [5, 5.41) is 122. The molecule has 1 spiro atoms. The highest BCUT2D eigenvalue weighted by atomic mass is 16.8. The van der Waals surface area contributed by atoms with Crippen molar-refractivity contribution in [2.24, 2.45) is 52.3 Å². The number of aliphatic hydroxyl groups excluding tert-OH is 11. The lowest BCUT2D eigenvalue weighted by Crippen LogP contribution is -2.67. The van der Waals surface area contributed by atoms with E-state index in [9.17, 15) is 56.2 Å². The Labute approximate surface area is 415 Å². The van der Waals surface area contributed by atoms with Gasteiger partial charge in [0.2, 0.25) is 0 Å². The van der Waals surface area contributed by atoms with E-state index in [1.807, 2.05) is 0 Å². The van der Waals surface area contributed by atoms with Gasteiger partial charge in [-0.2, -0.15) is 0 Å². The van der Waals surface area contributed by atoms with Crippen molar-refractivity contribution < 1.29 is 98.8 Å². The molecule has 10 aliphatic rings. The van der Waals surface area contributed by atoms with Crippen LogP contribution in [0.3, 0.4) is 0 Å². The highest BCUT2D eigenvalue weighted by molar-refractivity contribution is 5.16. The van der Waals surface area contributed by atoms with Crippen LogP contribution in [0, 0.1) is 52.3 Å². The van der Waals surface area contributed by atoms with E-state index < -0.39 is 137 Å². The zero-order valence-electron chi connectivity index (χ0n) is 41.5. The van der Waals surface area contributed by atoms with Crippen molar-refractivity contribution in [3.05, 3.63) is 0 Å². The van der Waals surface area contributed by atoms with Gasteiger partial charge < -0.3 is 98.8 Å². The summed E-state index contributed by atoms with van der Waals surface area (Å²) in [6.45, 7) is 8.14. The Morgan fingerprint density at radius 1 is 0.563 bits per heavy atom. The quantitative estimate of drug-likeness (QED) is 0.103. The van der Waals surface area contributed by atoms with Crippen molar-refractivity contribution in [2.75, 3.05) is 33.0 Å². The minimum absolute atomic E-state index is 0.122. The van der Waals surface area contributed by atoms with Gasteiger partial charge in [-0.3, -0.25) is 5.32 Å². The largest absolute Gasteiger partial charge is 0.394 e. The average Bonchev–Trinajstić information content (AvgIpc) is 3.80. The van der Waals surface area contributed by atoms with Crippen LogP contribution in [0.5, 0.6) is 0 Å². The Bertz CT molecular complexity index is 1800. The first-order chi connectivity index (χ1) is 33.8. The van der Waals surface area contributed by atoms with Gasteiger partial charge in [0.1, 0.15) is 85.1 Å². The Morgan fingerprint density at radius 3 is 1.97 bits per heavy atom. The lowest BCUT2D eigenvalue weighted by atomic mass is 9.44. The van der Waals surface area contributed by atoms with Gasteiger partial charge in [-0.15, -0.1) is 0 Å². The smallest absolute Gasteiger partial charge is 0.187 e. The molecule has 0 amide bonds. The fourth-order valence-corrected chi connectivity index (χ4v) is 16.1. The van der Waals surface area contributed by atoms with Crippen LogP contribution >= 0.6 is 0 Å². The molecule has 6 saturated heterocycles. The van der Waals surface area contributed by atoms with Crippen LogP contribution in [0.15, 0.2) is 0 Å². The minimum Gasteiger partial charge on any atom is -0.394 e. The van der Waals surface area contributed by atoms with E-state index in [1.165, 1.54) is 19.3 Å². The Hall–Kier alpha value is -0.840. The zero-order chi connectivity index (χ0) is 50.5. The third kappa shape index (κ3) is 9.40. The van der Waals surface area contributed by atoms with E-state index in [4.69, 9.17) is 42.6 Å². The maximum atomic E-state index is 11.8. The van der Waals surface area contributed by atoms with E-state index in [1.54, 1.807) is 0 Å². The standard InChI is InChI=1S/C50H83NO20/c1-21-7-12-50(51-16-21)22(2)35-30(71-50)14-27-25-6-5-23-13-24(8-10-48(23,3)26(25)9-11-49(27,35)4)64-46-41(62)39(60)42(33(19-54)67-46)69-47-44(68-34-15-28(55)36(57)31(17-52)65-34)43(38(59)32(18-53)66-47)70-45-40(61)37(58)29(56)20-63-45/h21-47,51-62H,5-20H2,1-4H3. The van der Waals surface area contributed by atoms with E-state index in [0.717, 1.165) is 51.5 Å². The molecule has 4 saturated carbocycles. The van der Waals surface area contributed by atoms with Crippen molar-refractivity contribution in [3.63, 3.8) is 0 Å². The molecule has 0 radical (unpaired) electrons. The molecule has 0 aromatic heterocycles. The molecular weight excluding hydrogens is 935 g/mol. The van der Waals surface area contributed by atoms with Gasteiger partial charge in [0.25, 0.3) is 0 Å². The number of fused-ring (bicyclic) bond motifs is 7. The van der Waals surface area contributed by atoms with Crippen molar-refractivity contribution in [2.45, 2.75) is 227 Å². The SMILES string of the molecule is CC1CCC2(NC1)OC1CC3C4CCC5CC(OC6OC(CO)C(OC7OC(CO)C(O)C(OC8OCC(O)C(O)C8O)C7OC7CC(O)C(O)C(CO)O7)C(O)C6O)CCC5(C)C4CCC3(C)C1C2C. The predicted molar refractivity (Wildman–Crippen MR) is 243 cm³/mol. The van der Waals surface area contributed by atoms with E-state index in [0.29, 0.717) is 47.5 Å². The topological polar surface area (TPSA) is 318 Å². The molecule has 6 heterocycles. The molecule has 10 fully saturated rings. The number of nitrogens with one attached hydrogen (secondary N) is 1. The summed E-state index contributed by atoms with van der Waals surface area (Å²) in [5.41, 5.74) is 0.185. The molecule has 408 valence electrons. The molecule has 12 N–H and O–H groups in total. The first kappa shape index (κ1) is 53.6. The number of hydrogen-bond acceptors (Lipinski definition) is 21. The molecule has 71 heavy (non-hydrogen) atoms. The second kappa shape index (κ2) is 20.8. The summed E-state index contributed by atoms with van der Waals surface area (Å²) in [4.78, 5) is 0. The molecule has 10 rings (SSSR count). The molecule has 0 bridgehead atoms. The third-order valence-corrected chi connectivity index (χ3v) is 20.1. The Morgan fingerprint density at radius 2 is 1.25 bits per heavy atom. The first-order valence-corrected chi connectivity index (χ1v) is 26.7. The second-order valence-corrected chi connectivity index (χ2v) is 23.9. The molecule has 4 aliphatic carbocycles. The van der Waals surface area contributed by atoms with Crippen LogP contribution in [0.4, 0.5) is 0 Å². The van der Waals surface area contributed by atoms with E-state index >= 15 is 0 Å². The number of hydrogen-bond donors (Lipinski definition) is 12. The third-order valence-electron chi connectivity index (χ3n) is 20.1. The van der Waals surface area contributed by atoms with Crippen LogP contribution in [-0.4, -0.2) is 218 Å². The monoisotopic (exact) mass is 1020 g/mol. The van der Waals surface area contributed by atoms with Crippen LogP contribution in [0.1, 0.15) is 98.3 Å². The van der Waals surface area contributed by atoms with Gasteiger partial charge in [-0.25, -0.2) is 0 Å². The fraction of sp³-hybridized carbons (Fsp3) is 1.00. The molecule has 30 unspecified atom stereocenters. The molecule has 30 atom stereocenters. The molecule has 0 aromatic rings. The molecular formula is C50H83NO20. The summed E-state index contributed by atoms with van der Waals surface area (Å²) in [5.74, 6) is 3.96. The predicted octanol–water partition coefficient (Wildman–Crippen LogP) is -1.67. The lowest BCUT2D eigenvalue weighted by Gasteiger charge is -2.61. The van der Waals surface area contributed by atoms with Crippen LogP contribution in [-0.2, 0) is 42.6 Å². The summed E-state index contributed by atoms with van der Waals surface area (Å²) < 4.78 is 55.5. The highest BCUT2D eigenvalue weighted by Gasteiger charge is 2.69. The number of ether oxygens (including phenoxy) is 9. The fourth-order valence-electron chi connectivity index (χ4n) is 16.1. The van der Waals surface area contributed by atoms with Crippen molar-refractivity contribution in [1.29, 1.82) is 0 Å². The normalized spacial score (nSPS) is 57.4. The number of rotatable bonds is 11. The van der Waals surface area contributed by atoms with Gasteiger partial charge in [0.05, 0.1) is 44.7 Å². The van der Waals surface area contributed by atoms with Crippen LogP contribution in [0.25, 0.3) is 0 Å². The molecule has 0 aromatic carbocycles. The van der Waals surface area contributed by atoms with E-state index in [2.05, 4.69) is 33.0 Å². The van der Waals surface area contributed by atoms with Gasteiger partial charge in [-0.05, 0) is 111 Å². The Kier molecular flexibility index (Phi) is 15.7. The first-order valence-electron chi connectivity index (χ1n) is 26.7. The summed E-state index contributed by atoms with van der Waals surface area (Å²) in [6, 6.07) is 0. The van der Waals surface area contributed by atoms with Crippen LogP contribution < -0.4 is 5.32 Å². The Balaban J connectivity index is 0.805. The highest BCUT2D eigenvalue weighted by Crippen LogP contribution is 2.71. The van der Waals surface area contributed by atoms with Crippen molar-refractivity contribution in [1.82, 2.24) is 5.32 Å². The summed E-state index contributed by atoms with van der Waals surface area (Å²) in [7, 11) is 0. The van der Waals surface area contributed by atoms with Gasteiger partial charge >= 0.3 is 0 Å². The maximum absolute atomic E-state index is 11.8. The molecule has 21 heteroatoms. The number of aliphatic hydroxyl groups is 11. The minimum atomic E-state index is -1.83. The molecule has 21 nitrogen and oxygen atoms in total. The van der Waals surface area contributed by atoms with Gasteiger partial charge in [0, 0.05) is 18.9 Å². The maximum Gasteiger partial charge on any atom is 0.187 e. The van der Waals surface area contributed by atoms with Crippen LogP contribution in [0.2, 0.25) is 0 Å². The van der Waals surface area contributed by atoms with Gasteiger partial charge in [-0.1, -0.05) is 27.7 Å². The molecule has 6 aliphatic heterocycles. The van der Waals surface area contributed by atoms with E-state index in [-0.39, 0.29) is 29.1 Å². The van der Waals surface area contributed by atoms with Gasteiger partial charge in [0.15, 0.2) is 25.2 Å². The summed E-state index contributed by atoms with van der Waals surface area (Å²) >= 11 is 0. The zero-order valence-corrected chi connectivity index (χ0v) is 41.5.